The van der Waals surface area contributed by atoms with Gasteiger partial charge in [0.15, 0.2) is 0 Å². The molecule has 1 aromatic rings. The summed E-state index contributed by atoms with van der Waals surface area (Å²) in [6.45, 7) is 5.21. The lowest BCUT2D eigenvalue weighted by atomic mass is 10.1. The molecule has 0 unspecified atom stereocenters. The van der Waals surface area contributed by atoms with Crippen molar-refractivity contribution in [3.05, 3.63) is 41.6 Å². The maximum absolute atomic E-state index is 12.4. The Morgan fingerprint density at radius 3 is 2.50 bits per heavy atom. The highest BCUT2D eigenvalue weighted by Gasteiger charge is 2.21. The van der Waals surface area contributed by atoms with E-state index >= 15 is 0 Å². The Morgan fingerprint density at radius 2 is 1.92 bits per heavy atom. The van der Waals surface area contributed by atoms with E-state index in [4.69, 9.17) is 0 Å². The summed E-state index contributed by atoms with van der Waals surface area (Å²) in [4.78, 5) is 16.3. The number of hydrogen-bond acceptors (Lipinski definition) is 4. The number of rotatable bonds is 6. The number of aryl methyl sites for hydroxylation is 1. The van der Waals surface area contributed by atoms with Crippen LogP contribution in [0.25, 0.3) is 0 Å². The molecule has 1 fully saturated rings. The van der Waals surface area contributed by atoms with Gasteiger partial charge in [0.2, 0.25) is 0 Å². The van der Waals surface area contributed by atoms with Gasteiger partial charge in [-0.2, -0.15) is 5.26 Å². The minimum Gasteiger partial charge on any atom is -0.360 e. The van der Waals surface area contributed by atoms with E-state index in [0.29, 0.717) is 13.1 Å². The van der Waals surface area contributed by atoms with Gasteiger partial charge >= 0.3 is 0 Å². The Hall–Kier alpha value is -2.32. The van der Waals surface area contributed by atoms with Gasteiger partial charge in [0.05, 0.1) is 0 Å². The van der Waals surface area contributed by atoms with Crippen molar-refractivity contribution < 1.29 is 4.79 Å². The van der Waals surface area contributed by atoms with Gasteiger partial charge in [-0.3, -0.25) is 4.79 Å². The first kappa shape index (κ1) is 18.0. The summed E-state index contributed by atoms with van der Waals surface area (Å²) in [6, 6.07) is 10.1. The Labute approximate surface area is 144 Å². The van der Waals surface area contributed by atoms with Crippen LogP contribution in [-0.4, -0.2) is 48.9 Å². The van der Waals surface area contributed by atoms with E-state index in [0.717, 1.165) is 25.2 Å². The van der Waals surface area contributed by atoms with Gasteiger partial charge in [-0.05, 0) is 37.6 Å². The van der Waals surface area contributed by atoms with Gasteiger partial charge in [-0.15, -0.1) is 0 Å². The van der Waals surface area contributed by atoms with Gasteiger partial charge in [0, 0.05) is 38.1 Å². The second kappa shape index (κ2) is 9.09. The zero-order chi connectivity index (χ0) is 17.4. The van der Waals surface area contributed by atoms with Crippen LogP contribution in [0, 0.1) is 11.3 Å². The minimum atomic E-state index is -0.197. The van der Waals surface area contributed by atoms with E-state index in [-0.39, 0.29) is 11.5 Å². The van der Waals surface area contributed by atoms with Crippen LogP contribution in [0.15, 0.2) is 36.0 Å². The topological polar surface area (TPSA) is 59.4 Å². The van der Waals surface area contributed by atoms with E-state index in [1.54, 1.807) is 4.90 Å². The predicted octanol–water partition coefficient (Wildman–Crippen LogP) is 2.62. The fourth-order valence-electron chi connectivity index (χ4n) is 2.63. The number of nitrogens with zero attached hydrogens (tertiary/aromatic N) is 3. The van der Waals surface area contributed by atoms with Crippen molar-refractivity contribution in [2.75, 3.05) is 38.5 Å². The number of unbranched alkanes of at least 4 members (excludes halogenated alkanes) is 1. The molecule has 0 aromatic heterocycles. The first-order valence-corrected chi connectivity index (χ1v) is 8.57. The molecule has 0 atom stereocenters. The Balaban J connectivity index is 1.95. The summed E-state index contributed by atoms with van der Waals surface area (Å²) < 4.78 is 0. The van der Waals surface area contributed by atoms with Gasteiger partial charge in [-0.1, -0.05) is 25.5 Å². The summed E-state index contributed by atoms with van der Waals surface area (Å²) >= 11 is 0. The average Bonchev–Trinajstić information content (AvgIpc) is 2.62. The molecular formula is C19H26N4O. The van der Waals surface area contributed by atoms with Gasteiger partial charge in [-0.25, -0.2) is 0 Å². The molecule has 0 radical (unpaired) electrons. The Kier molecular flexibility index (Phi) is 6.83. The number of nitriles is 1. The minimum absolute atomic E-state index is 0.148. The fraction of sp³-hybridized carbons (Fsp3) is 0.474. The largest absolute Gasteiger partial charge is 0.360 e. The fourth-order valence-corrected chi connectivity index (χ4v) is 2.63. The van der Waals surface area contributed by atoms with Crippen LogP contribution in [0.1, 0.15) is 25.3 Å². The molecule has 0 saturated carbocycles. The van der Waals surface area contributed by atoms with E-state index in [2.05, 4.69) is 29.3 Å². The number of anilines is 1. The smallest absolute Gasteiger partial charge is 0.266 e. The number of benzene rings is 1. The predicted molar refractivity (Wildman–Crippen MR) is 96.4 cm³/mol. The maximum atomic E-state index is 12.4. The molecule has 1 aromatic carbocycles. The van der Waals surface area contributed by atoms with Crippen molar-refractivity contribution in [2.45, 2.75) is 26.2 Å². The van der Waals surface area contributed by atoms with Gasteiger partial charge < -0.3 is 15.1 Å². The molecule has 1 N–H and O–H groups in total. The monoisotopic (exact) mass is 326 g/mol. The van der Waals surface area contributed by atoms with E-state index in [1.807, 2.05) is 25.2 Å². The molecule has 1 aliphatic rings. The summed E-state index contributed by atoms with van der Waals surface area (Å²) in [5.74, 6) is -0.197. The van der Waals surface area contributed by atoms with Crippen LogP contribution >= 0.6 is 0 Å². The first-order valence-electron chi connectivity index (χ1n) is 8.57. The number of hydrogen-bond donors (Lipinski definition) is 1. The molecule has 1 saturated heterocycles. The van der Waals surface area contributed by atoms with Gasteiger partial charge in [0.1, 0.15) is 11.6 Å². The molecule has 2 rings (SSSR count). The number of nitrogens with one attached hydrogen (secondary N) is 1. The molecular weight excluding hydrogens is 300 g/mol. The molecule has 1 heterocycles. The summed E-state index contributed by atoms with van der Waals surface area (Å²) in [5.41, 5.74) is 2.34. The third kappa shape index (κ3) is 5.10. The molecule has 0 spiro atoms. The molecule has 0 aliphatic carbocycles. The SMILES string of the molecule is CCCCc1ccc(N/C=C(/C#N)C(=O)N2CCN(C)CC2)cc1. The van der Waals surface area contributed by atoms with Gasteiger partial charge in [0.25, 0.3) is 5.91 Å². The Morgan fingerprint density at radius 1 is 1.25 bits per heavy atom. The molecule has 5 nitrogen and oxygen atoms in total. The summed E-state index contributed by atoms with van der Waals surface area (Å²) in [6.07, 6.45) is 4.97. The quantitative estimate of drug-likeness (QED) is 0.645. The van der Waals surface area contributed by atoms with Crippen molar-refractivity contribution in [1.29, 1.82) is 5.26 Å². The van der Waals surface area contributed by atoms with E-state index < -0.39 is 0 Å². The number of amides is 1. The zero-order valence-corrected chi connectivity index (χ0v) is 14.6. The molecule has 24 heavy (non-hydrogen) atoms. The lowest BCUT2D eigenvalue weighted by Gasteiger charge is -2.32. The third-order valence-corrected chi connectivity index (χ3v) is 4.30. The number of likely N-dealkylation sites (N-methyl/N-ethyl adjacent to an activating group) is 1. The number of piperazine rings is 1. The highest BCUT2D eigenvalue weighted by Crippen LogP contribution is 2.13. The highest BCUT2D eigenvalue weighted by molar-refractivity contribution is 5.97. The second-order valence-corrected chi connectivity index (χ2v) is 6.21. The van der Waals surface area contributed by atoms with Crippen LogP contribution in [-0.2, 0) is 11.2 Å². The van der Waals surface area contributed by atoms with E-state index in [9.17, 15) is 10.1 Å². The van der Waals surface area contributed by atoms with Crippen LogP contribution in [0.2, 0.25) is 0 Å². The zero-order valence-electron chi connectivity index (χ0n) is 14.6. The lowest BCUT2D eigenvalue weighted by molar-refractivity contribution is -0.128. The normalized spacial score (nSPS) is 15.9. The molecule has 1 amide bonds. The number of carbonyl (C=O) groups excluding carboxylic acids is 1. The lowest BCUT2D eigenvalue weighted by Crippen LogP contribution is -2.47. The molecule has 128 valence electrons. The first-order chi connectivity index (χ1) is 11.6. The van der Waals surface area contributed by atoms with E-state index in [1.165, 1.54) is 24.6 Å². The standard InChI is InChI=1S/C19H26N4O/c1-3-4-5-16-6-8-18(9-7-16)21-15-17(14-20)19(24)23-12-10-22(2)11-13-23/h6-9,15,21H,3-5,10-13H2,1-2H3/b17-15-. The second-order valence-electron chi connectivity index (χ2n) is 6.21. The molecule has 1 aliphatic heterocycles. The highest BCUT2D eigenvalue weighted by atomic mass is 16.2. The van der Waals surface area contributed by atoms with Crippen LogP contribution in [0.3, 0.4) is 0 Å². The van der Waals surface area contributed by atoms with Crippen LogP contribution in [0.4, 0.5) is 5.69 Å². The summed E-state index contributed by atoms with van der Waals surface area (Å²) in [7, 11) is 2.04. The van der Waals surface area contributed by atoms with Crippen molar-refractivity contribution in [3.63, 3.8) is 0 Å². The van der Waals surface area contributed by atoms with Crippen LogP contribution < -0.4 is 5.32 Å². The van der Waals surface area contributed by atoms with Crippen LogP contribution in [0.5, 0.6) is 0 Å². The molecule has 0 bridgehead atoms. The molecule has 5 heteroatoms. The Bertz CT molecular complexity index is 607. The third-order valence-electron chi connectivity index (χ3n) is 4.30. The van der Waals surface area contributed by atoms with Crippen molar-refractivity contribution in [2.24, 2.45) is 0 Å². The van der Waals surface area contributed by atoms with Crippen molar-refractivity contribution in [3.8, 4) is 6.07 Å². The maximum Gasteiger partial charge on any atom is 0.266 e. The number of carbonyl (C=O) groups is 1. The van der Waals surface area contributed by atoms with Crippen molar-refractivity contribution >= 4 is 11.6 Å². The van der Waals surface area contributed by atoms with Crippen molar-refractivity contribution in [1.82, 2.24) is 9.80 Å². The average molecular weight is 326 g/mol. The summed E-state index contributed by atoms with van der Waals surface area (Å²) in [5, 5.41) is 12.3.